The van der Waals surface area contributed by atoms with Crippen LogP contribution in [0, 0.1) is 5.82 Å². The summed E-state index contributed by atoms with van der Waals surface area (Å²) in [6, 6.07) is 4.21. The fourth-order valence-corrected chi connectivity index (χ4v) is 3.12. The molecule has 0 unspecified atom stereocenters. The van der Waals surface area contributed by atoms with Crippen molar-refractivity contribution in [2.75, 3.05) is 11.5 Å². The van der Waals surface area contributed by atoms with Crippen LogP contribution in [0.5, 0.6) is 0 Å². The molecule has 0 radical (unpaired) electrons. The van der Waals surface area contributed by atoms with Crippen molar-refractivity contribution in [3.8, 4) is 0 Å². The van der Waals surface area contributed by atoms with Crippen molar-refractivity contribution in [1.82, 2.24) is 0 Å². The van der Waals surface area contributed by atoms with Gasteiger partial charge in [-0.2, -0.15) is 0 Å². The highest BCUT2D eigenvalue weighted by Crippen LogP contribution is 2.19. The number of nitrogen functional groups attached to an aromatic ring is 1. The SMILES string of the molecule is CCCCCS(=O)(=O)Cc1c(N)cccc1F. The Morgan fingerprint density at radius 1 is 1.29 bits per heavy atom. The minimum atomic E-state index is -3.27. The Bertz CT molecular complexity index is 451. The second-order valence-corrected chi connectivity index (χ2v) is 6.29. The van der Waals surface area contributed by atoms with E-state index in [1.54, 1.807) is 0 Å². The van der Waals surface area contributed by atoms with E-state index >= 15 is 0 Å². The number of sulfone groups is 1. The summed E-state index contributed by atoms with van der Waals surface area (Å²) in [6.45, 7) is 2.00. The van der Waals surface area contributed by atoms with E-state index in [1.165, 1.54) is 18.2 Å². The van der Waals surface area contributed by atoms with E-state index in [0.29, 0.717) is 6.42 Å². The number of rotatable bonds is 6. The van der Waals surface area contributed by atoms with Crippen LogP contribution in [-0.2, 0) is 15.6 Å². The number of nitrogens with two attached hydrogens (primary N) is 1. The third kappa shape index (κ3) is 4.34. The molecule has 2 N–H and O–H groups in total. The van der Waals surface area contributed by atoms with Gasteiger partial charge in [0.05, 0.1) is 11.5 Å². The molecule has 0 fully saturated rings. The summed E-state index contributed by atoms with van der Waals surface area (Å²) < 4.78 is 36.9. The van der Waals surface area contributed by atoms with E-state index < -0.39 is 15.7 Å². The van der Waals surface area contributed by atoms with Gasteiger partial charge in [-0.15, -0.1) is 0 Å². The summed E-state index contributed by atoms with van der Waals surface area (Å²) in [5.41, 5.74) is 5.86. The molecule has 0 saturated heterocycles. The molecule has 17 heavy (non-hydrogen) atoms. The maximum Gasteiger partial charge on any atom is 0.154 e. The van der Waals surface area contributed by atoms with Crippen molar-refractivity contribution in [2.45, 2.75) is 31.9 Å². The molecule has 0 saturated carbocycles. The fraction of sp³-hybridized carbons (Fsp3) is 0.500. The highest BCUT2D eigenvalue weighted by atomic mass is 32.2. The van der Waals surface area contributed by atoms with E-state index in [-0.39, 0.29) is 22.8 Å². The molecule has 0 amide bonds. The van der Waals surface area contributed by atoms with Gasteiger partial charge in [0.1, 0.15) is 5.82 Å². The van der Waals surface area contributed by atoms with Gasteiger partial charge in [0, 0.05) is 11.3 Å². The molecule has 0 aliphatic heterocycles. The van der Waals surface area contributed by atoms with Gasteiger partial charge in [0.25, 0.3) is 0 Å². The number of anilines is 1. The van der Waals surface area contributed by atoms with Crippen LogP contribution in [0.1, 0.15) is 31.7 Å². The predicted octanol–water partition coefficient (Wildman–Crippen LogP) is 2.51. The Balaban J connectivity index is 2.76. The Kier molecular flexibility index (Phi) is 4.93. The van der Waals surface area contributed by atoms with E-state index in [2.05, 4.69) is 0 Å². The molecule has 1 aromatic carbocycles. The Hall–Kier alpha value is -1.10. The molecule has 0 aliphatic carbocycles. The van der Waals surface area contributed by atoms with Gasteiger partial charge < -0.3 is 5.73 Å². The number of unbranched alkanes of at least 4 members (excludes halogenated alkanes) is 2. The first-order valence-electron chi connectivity index (χ1n) is 5.69. The van der Waals surface area contributed by atoms with Crippen molar-refractivity contribution in [3.05, 3.63) is 29.6 Å². The third-order valence-corrected chi connectivity index (χ3v) is 4.22. The minimum Gasteiger partial charge on any atom is -0.398 e. The molecule has 5 heteroatoms. The average molecular weight is 259 g/mol. The number of halogens is 1. The summed E-state index contributed by atoms with van der Waals surface area (Å²) in [6.07, 6.45) is 2.44. The van der Waals surface area contributed by atoms with Crippen LogP contribution in [0.25, 0.3) is 0 Å². The summed E-state index contributed by atoms with van der Waals surface area (Å²) in [5.74, 6) is -0.770. The van der Waals surface area contributed by atoms with Gasteiger partial charge in [0.15, 0.2) is 9.84 Å². The second kappa shape index (κ2) is 6.00. The highest BCUT2D eigenvalue weighted by Gasteiger charge is 2.16. The highest BCUT2D eigenvalue weighted by molar-refractivity contribution is 7.90. The van der Waals surface area contributed by atoms with Crippen LogP contribution >= 0.6 is 0 Å². The van der Waals surface area contributed by atoms with E-state index in [0.717, 1.165) is 12.8 Å². The zero-order valence-electron chi connectivity index (χ0n) is 9.95. The van der Waals surface area contributed by atoms with Crippen LogP contribution in [0.2, 0.25) is 0 Å². The first-order valence-corrected chi connectivity index (χ1v) is 7.51. The van der Waals surface area contributed by atoms with Crippen molar-refractivity contribution in [3.63, 3.8) is 0 Å². The third-order valence-electron chi connectivity index (χ3n) is 2.58. The van der Waals surface area contributed by atoms with Gasteiger partial charge in [-0.05, 0) is 18.6 Å². The van der Waals surface area contributed by atoms with E-state index in [1.807, 2.05) is 6.92 Å². The molecule has 0 spiro atoms. The quantitative estimate of drug-likeness (QED) is 0.630. The lowest BCUT2D eigenvalue weighted by atomic mass is 10.2. The van der Waals surface area contributed by atoms with Gasteiger partial charge in [0.2, 0.25) is 0 Å². The normalized spacial score (nSPS) is 11.6. The topological polar surface area (TPSA) is 60.2 Å². The minimum absolute atomic E-state index is 0.0870. The first-order chi connectivity index (χ1) is 7.96. The van der Waals surface area contributed by atoms with Crippen LogP contribution in [0.3, 0.4) is 0 Å². The Labute approximate surface area is 102 Å². The Morgan fingerprint density at radius 3 is 2.59 bits per heavy atom. The number of hydrogen-bond acceptors (Lipinski definition) is 3. The largest absolute Gasteiger partial charge is 0.398 e. The smallest absolute Gasteiger partial charge is 0.154 e. The fourth-order valence-electron chi connectivity index (χ4n) is 1.59. The van der Waals surface area contributed by atoms with Gasteiger partial charge in [-0.1, -0.05) is 25.8 Å². The lowest BCUT2D eigenvalue weighted by molar-refractivity contribution is 0.583. The molecule has 0 heterocycles. The van der Waals surface area contributed by atoms with Gasteiger partial charge in [-0.3, -0.25) is 0 Å². The lowest BCUT2D eigenvalue weighted by Crippen LogP contribution is -2.12. The van der Waals surface area contributed by atoms with Crippen molar-refractivity contribution >= 4 is 15.5 Å². The van der Waals surface area contributed by atoms with Crippen molar-refractivity contribution < 1.29 is 12.8 Å². The molecule has 0 aromatic heterocycles. The summed E-state index contributed by atoms with van der Waals surface area (Å²) in [4.78, 5) is 0. The maximum atomic E-state index is 13.4. The predicted molar refractivity (Wildman–Crippen MR) is 67.8 cm³/mol. The molecular formula is C12H18FNO2S. The molecule has 0 atom stereocenters. The van der Waals surface area contributed by atoms with Crippen molar-refractivity contribution in [2.24, 2.45) is 0 Å². The molecule has 3 nitrogen and oxygen atoms in total. The Morgan fingerprint density at radius 2 is 2.00 bits per heavy atom. The van der Waals surface area contributed by atoms with Crippen LogP contribution in [0.15, 0.2) is 18.2 Å². The molecular weight excluding hydrogens is 241 g/mol. The molecule has 1 aromatic rings. The lowest BCUT2D eigenvalue weighted by Gasteiger charge is -2.08. The van der Waals surface area contributed by atoms with Gasteiger partial charge in [-0.25, -0.2) is 12.8 Å². The standard InChI is InChI=1S/C12H18FNO2S/c1-2-3-4-8-17(15,16)9-10-11(13)6-5-7-12(10)14/h5-7H,2-4,8-9,14H2,1H3. The summed E-state index contributed by atoms with van der Waals surface area (Å²) in [5, 5.41) is 0. The zero-order chi connectivity index (χ0) is 12.9. The second-order valence-electron chi connectivity index (χ2n) is 4.11. The van der Waals surface area contributed by atoms with E-state index in [4.69, 9.17) is 5.73 Å². The van der Waals surface area contributed by atoms with E-state index in [9.17, 15) is 12.8 Å². The van der Waals surface area contributed by atoms with Crippen LogP contribution < -0.4 is 5.73 Å². The van der Waals surface area contributed by atoms with Crippen LogP contribution in [0.4, 0.5) is 10.1 Å². The molecule has 1 rings (SSSR count). The monoisotopic (exact) mass is 259 g/mol. The summed E-state index contributed by atoms with van der Waals surface area (Å²) >= 11 is 0. The number of hydrogen-bond donors (Lipinski definition) is 1. The molecule has 96 valence electrons. The maximum absolute atomic E-state index is 13.4. The van der Waals surface area contributed by atoms with Gasteiger partial charge >= 0.3 is 0 Å². The van der Waals surface area contributed by atoms with Crippen LogP contribution in [-0.4, -0.2) is 14.2 Å². The molecule has 0 aliphatic rings. The number of benzene rings is 1. The first kappa shape index (κ1) is 14.0. The summed E-state index contributed by atoms with van der Waals surface area (Å²) in [7, 11) is -3.27. The average Bonchev–Trinajstić information content (AvgIpc) is 2.24. The molecule has 0 bridgehead atoms. The van der Waals surface area contributed by atoms with Crippen molar-refractivity contribution in [1.29, 1.82) is 0 Å². The zero-order valence-corrected chi connectivity index (χ0v) is 10.8.